The van der Waals surface area contributed by atoms with Gasteiger partial charge in [-0.2, -0.15) is 0 Å². The molecule has 12 aliphatic heterocycles. The Morgan fingerprint density at radius 1 is 0.155 bits per heavy atom. The Bertz CT molecular complexity index is 3290. The van der Waals surface area contributed by atoms with Crippen LogP contribution < -0.4 is 0 Å². The molecular formula is C84H156O58. The van der Waals surface area contributed by atoms with Crippen molar-refractivity contribution in [1.29, 1.82) is 0 Å². The summed E-state index contributed by atoms with van der Waals surface area (Å²) in [6, 6.07) is 0. The Morgan fingerprint density at radius 3 is 0.528 bits per heavy atom. The van der Waals surface area contributed by atoms with E-state index in [2.05, 4.69) is 0 Å². The minimum atomic E-state index is -2.16. The van der Waals surface area contributed by atoms with Gasteiger partial charge in [0.1, 0.15) is 269 Å². The van der Waals surface area contributed by atoms with E-state index in [-0.39, 0.29) is 49.0 Å². The van der Waals surface area contributed by atoms with Gasteiger partial charge >= 0.3 is 0 Å². The standard InChI is InChI=1S/C42H74O27.C38H66O31.4CH4/c1-7-13-19(44)20(45)26(51)38(60-13)59-12-18-36(22(47)27(52)37(58-6)65-18)69-41-30(55)24(49)33(15(9-3)63-41)66-40-29(54)23(48)34(16(10-4)62-40)67-42-31(56)25(50)35(17(11-43)64-42)68-39-28(53)21(46)32(57-5)14(8-2)61-39;1-57-28-10(4-40)61-35(24(53)17(28)46)66-29-11(5-41)62-36(25(54)19(29)48)67-30-12(6-42)63-37(26(55)20(30)49)68-31-13(7-43)64-38(27(56)21(31)50)69-32-14(65-33(58-2)23(52)18(32)47)8-59-34-22(51)16(45)15(44)9(3-39)60-34;;;;/h13-56H,7-12H2,1-6H3;9-56H,3-8H2,1-2H3;4*1H4. The smallest absolute Gasteiger partial charge is 0.187 e. The lowest BCUT2D eigenvalue weighted by molar-refractivity contribution is -0.394. The van der Waals surface area contributed by atoms with Gasteiger partial charge in [-0.05, 0) is 25.7 Å². The van der Waals surface area contributed by atoms with Gasteiger partial charge in [0.15, 0.2) is 75.5 Å². The van der Waals surface area contributed by atoms with E-state index in [9.17, 15) is 163 Å². The second kappa shape index (κ2) is 56.5. The molecule has 12 saturated heterocycles. The van der Waals surface area contributed by atoms with Crippen molar-refractivity contribution < 1.29 is 287 Å². The van der Waals surface area contributed by atoms with Gasteiger partial charge in [0.05, 0.1) is 77.3 Å². The molecule has 0 radical (unpaired) electrons. The molecule has 12 rings (SSSR count). The van der Waals surface area contributed by atoms with Crippen LogP contribution in [-0.2, 0) is 123 Å². The van der Waals surface area contributed by atoms with Crippen molar-refractivity contribution in [3.63, 3.8) is 0 Å². The Morgan fingerprint density at radius 2 is 0.310 bits per heavy atom. The van der Waals surface area contributed by atoms with Crippen LogP contribution in [0.2, 0.25) is 0 Å². The third-order valence-electron chi connectivity index (χ3n) is 26.6. The minimum absolute atomic E-state index is 0. The molecule has 12 heterocycles. The number of aliphatic hydroxyl groups excluding tert-OH is 32. The monoisotopic (exact) mass is 2090 g/mol. The average molecular weight is 2090 g/mol. The molecule has 142 heavy (non-hydrogen) atoms. The first-order chi connectivity index (χ1) is 65.6. The Kier molecular flexibility index (Phi) is 50.4. The number of aliphatic hydroxyl groups is 32. The molecule has 0 spiro atoms. The zero-order valence-electron chi connectivity index (χ0n) is 76.1. The lowest BCUT2D eigenvalue weighted by Gasteiger charge is -2.50. The number of hydrogen-bond donors (Lipinski definition) is 32. The fourth-order valence-corrected chi connectivity index (χ4v) is 18.5. The fourth-order valence-electron chi connectivity index (χ4n) is 18.5. The summed E-state index contributed by atoms with van der Waals surface area (Å²) in [5.74, 6) is 0. The molecule has 0 bridgehead atoms. The number of rotatable bonds is 36. The topological polar surface area (TPSA) is 887 Å². The van der Waals surface area contributed by atoms with Crippen molar-refractivity contribution in [2.45, 2.75) is 452 Å². The largest absolute Gasteiger partial charge is 0.394 e. The molecule has 0 amide bonds. The van der Waals surface area contributed by atoms with Crippen LogP contribution in [0.4, 0.5) is 0 Å². The van der Waals surface area contributed by atoms with Crippen LogP contribution in [0.25, 0.3) is 0 Å². The zero-order valence-corrected chi connectivity index (χ0v) is 76.1. The van der Waals surface area contributed by atoms with Gasteiger partial charge in [-0.15, -0.1) is 0 Å². The minimum Gasteiger partial charge on any atom is -0.394 e. The summed E-state index contributed by atoms with van der Waals surface area (Å²) in [5.41, 5.74) is 0. The molecule has 12 fully saturated rings. The summed E-state index contributed by atoms with van der Waals surface area (Å²) in [6.45, 7) is 0.245. The molecule has 58 nitrogen and oxygen atoms in total. The maximum Gasteiger partial charge on any atom is 0.187 e. The van der Waals surface area contributed by atoms with Gasteiger partial charge in [-0.3, -0.25) is 0 Å². The van der Waals surface area contributed by atoms with Crippen molar-refractivity contribution >= 4 is 0 Å². The Hall–Kier alpha value is -2.32. The molecule has 60 atom stereocenters. The van der Waals surface area contributed by atoms with Crippen LogP contribution in [0.1, 0.15) is 83.1 Å². The van der Waals surface area contributed by atoms with E-state index < -0.39 is 421 Å². The molecule has 0 aliphatic carbocycles. The molecule has 60 unspecified atom stereocenters. The molecule has 0 saturated carbocycles. The van der Waals surface area contributed by atoms with E-state index >= 15 is 0 Å². The molecule has 12 aliphatic rings. The summed E-state index contributed by atoms with van der Waals surface area (Å²) in [7, 11) is 4.85. The highest BCUT2D eigenvalue weighted by molar-refractivity contribution is 5.04. The molecule has 0 aromatic rings. The van der Waals surface area contributed by atoms with Gasteiger partial charge in [0.25, 0.3) is 0 Å². The van der Waals surface area contributed by atoms with Crippen LogP contribution in [-0.4, -0.2) is 613 Å². The van der Waals surface area contributed by atoms with E-state index in [0.29, 0.717) is 6.42 Å². The highest BCUT2D eigenvalue weighted by Crippen LogP contribution is 2.42. The van der Waals surface area contributed by atoms with E-state index in [1.807, 2.05) is 0 Å². The number of ether oxygens (including phenoxy) is 26. The predicted molar refractivity (Wildman–Crippen MR) is 457 cm³/mol. The van der Waals surface area contributed by atoms with E-state index in [1.165, 1.54) is 21.3 Å². The highest BCUT2D eigenvalue weighted by Gasteiger charge is 2.62. The third kappa shape index (κ3) is 27.2. The lowest BCUT2D eigenvalue weighted by atomic mass is 9.94. The molecule has 840 valence electrons. The zero-order chi connectivity index (χ0) is 102. The maximum atomic E-state index is 11.5. The van der Waals surface area contributed by atoms with Crippen LogP contribution in [0.5, 0.6) is 0 Å². The average Bonchev–Trinajstić information content (AvgIpc) is 0.770. The van der Waals surface area contributed by atoms with Crippen molar-refractivity contribution in [3.8, 4) is 0 Å². The molecule has 32 N–H and O–H groups in total. The van der Waals surface area contributed by atoms with Gasteiger partial charge < -0.3 is 287 Å². The Balaban J connectivity index is 0.000000375. The first-order valence-electron chi connectivity index (χ1n) is 45.4. The van der Waals surface area contributed by atoms with Crippen molar-refractivity contribution in [3.05, 3.63) is 0 Å². The summed E-state index contributed by atoms with van der Waals surface area (Å²) in [6.07, 6.45) is -98.7. The first-order valence-corrected chi connectivity index (χ1v) is 45.4. The summed E-state index contributed by atoms with van der Waals surface area (Å²) in [4.78, 5) is 0. The van der Waals surface area contributed by atoms with Crippen molar-refractivity contribution in [2.24, 2.45) is 0 Å². The highest BCUT2D eigenvalue weighted by atomic mass is 16.8. The Labute approximate surface area is 816 Å². The maximum absolute atomic E-state index is 11.5. The van der Waals surface area contributed by atoms with Gasteiger partial charge in [-0.1, -0.05) is 57.4 Å². The van der Waals surface area contributed by atoms with Crippen LogP contribution >= 0.6 is 0 Å². The van der Waals surface area contributed by atoms with Crippen molar-refractivity contribution in [2.75, 3.05) is 81.3 Å². The SMILES string of the molecule is C.C.C.C.CCC1OC(OCC2OC(OC)C(O)C(O)C2OC2OC(CC)C(OC3OC(CC)C(OC4OC(CO)C(OC5OC(CC)C(OC)C(O)C5O)C(O)C4O)C(O)C3O)C(O)C2O)C(O)C(O)C1O.COC1OC(COC2OC(CO)C(O)C(O)C2O)C(OC2OC(CO)C(OC3OC(CO)C(OC4OC(CO)C(OC5OC(CO)C(OC)C(O)C5O)C(O)C4O)C(O)C3O)C(O)C2O)C(O)C1O. The third-order valence-corrected chi connectivity index (χ3v) is 26.6. The summed E-state index contributed by atoms with van der Waals surface area (Å²) >= 11 is 0. The number of methoxy groups -OCH3 is 4. The van der Waals surface area contributed by atoms with Gasteiger partial charge in [0.2, 0.25) is 0 Å². The van der Waals surface area contributed by atoms with Crippen LogP contribution in [0.15, 0.2) is 0 Å². The first kappa shape index (κ1) is 127. The van der Waals surface area contributed by atoms with E-state index in [0.717, 1.165) is 7.11 Å². The summed E-state index contributed by atoms with van der Waals surface area (Å²) in [5, 5.41) is 344. The quantitative estimate of drug-likeness (QED) is 0.0277. The second-order valence-electron chi connectivity index (χ2n) is 35.3. The van der Waals surface area contributed by atoms with Crippen LogP contribution in [0, 0.1) is 0 Å². The van der Waals surface area contributed by atoms with Crippen molar-refractivity contribution in [1.82, 2.24) is 0 Å². The van der Waals surface area contributed by atoms with E-state index in [1.54, 1.807) is 27.7 Å². The number of hydrogen-bond acceptors (Lipinski definition) is 58. The molecule has 58 heteroatoms. The normalized spacial score (nSPS) is 50.7. The summed E-state index contributed by atoms with van der Waals surface area (Å²) < 4.78 is 147. The lowest BCUT2D eigenvalue weighted by Crippen LogP contribution is -2.68. The second-order valence-corrected chi connectivity index (χ2v) is 35.3. The van der Waals surface area contributed by atoms with Gasteiger partial charge in [-0.25, -0.2) is 0 Å². The van der Waals surface area contributed by atoms with Gasteiger partial charge in [0, 0.05) is 28.4 Å². The molecule has 0 aromatic carbocycles. The predicted octanol–water partition coefficient (Wildman–Crippen LogP) is -17.4. The van der Waals surface area contributed by atoms with E-state index in [4.69, 9.17) is 123 Å². The molecular weight excluding hydrogens is 1940 g/mol. The van der Waals surface area contributed by atoms with Crippen LogP contribution in [0.3, 0.4) is 0 Å². The molecule has 0 aromatic heterocycles. The fraction of sp³-hybridized carbons (Fsp3) is 1.00.